The Hall–Kier alpha value is -0.250. The fourth-order valence-corrected chi connectivity index (χ4v) is 2.96. The summed E-state index contributed by atoms with van der Waals surface area (Å²) >= 11 is 5.61. The standard InChI is InChI=1S/C8H17ClN2.C8H17N5.N3.Na/c1-10-5-7-11(8-6-10)4-2-3-9;1-12-5-7-13(8-6-12)4-2-3-10-11-9;1-3-2;/h2-8H2,1H3;2-8H2,1H3;;/q;;-1;+1. The number of halogens is 1. The van der Waals surface area contributed by atoms with Gasteiger partial charge in [-0.15, -0.1) is 11.6 Å². The Morgan fingerprint density at radius 3 is 1.54 bits per heavy atom. The quantitative estimate of drug-likeness (QED) is 0.139. The summed E-state index contributed by atoms with van der Waals surface area (Å²) in [5.74, 6) is 0.798. The fourth-order valence-electron chi connectivity index (χ4n) is 2.84. The zero-order valence-electron chi connectivity index (χ0n) is 17.7. The molecule has 2 fully saturated rings. The van der Waals surface area contributed by atoms with Crippen LogP contribution in [0.2, 0.25) is 0 Å². The molecular weight excluding hydrogens is 391 g/mol. The summed E-state index contributed by atoms with van der Waals surface area (Å²) in [6, 6.07) is 0. The van der Waals surface area contributed by atoms with E-state index >= 15 is 0 Å². The Bertz CT molecular complexity index is 424. The molecule has 0 amide bonds. The number of likely N-dealkylation sites (N-methyl/N-ethyl adjacent to an activating group) is 2. The monoisotopic (exact) mass is 424 g/mol. The summed E-state index contributed by atoms with van der Waals surface area (Å²) in [5, 5.41) is 3.51. The summed E-state index contributed by atoms with van der Waals surface area (Å²) < 4.78 is 0. The van der Waals surface area contributed by atoms with Gasteiger partial charge >= 0.3 is 29.6 Å². The van der Waals surface area contributed by atoms with Crippen LogP contribution in [0.4, 0.5) is 0 Å². The number of alkyl halides is 1. The van der Waals surface area contributed by atoms with Crippen molar-refractivity contribution in [2.75, 3.05) is 92.0 Å². The number of rotatable bonds is 7. The molecule has 0 radical (unpaired) electrons. The third-order valence-corrected chi connectivity index (χ3v) is 4.86. The molecule has 0 aromatic rings. The Morgan fingerprint density at radius 1 is 0.786 bits per heavy atom. The zero-order chi connectivity index (χ0) is 20.3. The first-order valence-electron chi connectivity index (χ1n) is 9.44. The van der Waals surface area contributed by atoms with Crippen LogP contribution in [-0.2, 0) is 0 Å². The first-order chi connectivity index (χ1) is 13.1. The van der Waals surface area contributed by atoms with E-state index in [-0.39, 0.29) is 29.6 Å². The number of azide groups is 1. The molecule has 0 atom stereocenters. The molecule has 0 aromatic carbocycles. The van der Waals surface area contributed by atoms with Gasteiger partial charge in [0.25, 0.3) is 0 Å². The molecule has 2 aliphatic heterocycles. The van der Waals surface area contributed by atoms with Crippen LogP contribution in [0.25, 0.3) is 26.4 Å². The van der Waals surface area contributed by atoms with Crippen molar-refractivity contribution in [3.63, 3.8) is 0 Å². The Morgan fingerprint density at radius 2 is 1.18 bits per heavy atom. The van der Waals surface area contributed by atoms with E-state index in [0.717, 1.165) is 51.4 Å². The van der Waals surface area contributed by atoms with Crippen molar-refractivity contribution in [2.45, 2.75) is 12.8 Å². The molecule has 0 saturated carbocycles. The molecule has 10 nitrogen and oxygen atoms in total. The van der Waals surface area contributed by atoms with Crippen LogP contribution in [0.1, 0.15) is 12.8 Å². The van der Waals surface area contributed by atoms with Gasteiger partial charge in [-0.05, 0) is 45.6 Å². The number of nitrogens with zero attached hydrogens (tertiary/aromatic N) is 10. The molecule has 0 aliphatic carbocycles. The summed E-state index contributed by atoms with van der Waals surface area (Å²) in [4.78, 5) is 13.9. The smallest absolute Gasteiger partial charge is 0.373 e. The molecular formula is C16H34ClN10Na. The van der Waals surface area contributed by atoms with Gasteiger partial charge in [0.05, 0.1) is 0 Å². The Kier molecular flexibility index (Phi) is 23.0. The molecule has 2 rings (SSSR count). The van der Waals surface area contributed by atoms with Crippen molar-refractivity contribution in [3.8, 4) is 0 Å². The SMILES string of the molecule is CN1CCN(CCCCl)CC1.CN1CCN(CCCN=[N+]=[N-])CC1.[N-]=[N+]=[N-].[Na+]. The van der Waals surface area contributed by atoms with Gasteiger partial charge in [-0.1, -0.05) is 5.11 Å². The van der Waals surface area contributed by atoms with Crippen LogP contribution in [0.15, 0.2) is 5.11 Å². The molecule has 0 N–H and O–H groups in total. The minimum absolute atomic E-state index is 0. The van der Waals surface area contributed by atoms with Crippen molar-refractivity contribution < 1.29 is 29.6 Å². The average Bonchev–Trinajstić information content (AvgIpc) is 2.67. The van der Waals surface area contributed by atoms with E-state index in [1.165, 1.54) is 37.6 Å². The normalized spacial score (nSPS) is 18.2. The van der Waals surface area contributed by atoms with Gasteiger partial charge in [-0.2, -0.15) is 0 Å². The van der Waals surface area contributed by atoms with Gasteiger partial charge in [-0.25, -0.2) is 0 Å². The van der Waals surface area contributed by atoms with E-state index < -0.39 is 0 Å². The largest absolute Gasteiger partial charge is 1.00 e. The topological polar surface area (TPSA) is 120 Å². The maximum atomic E-state index is 8.08. The maximum absolute atomic E-state index is 8.08. The first kappa shape index (κ1) is 29.9. The molecule has 2 saturated heterocycles. The molecule has 12 heteroatoms. The van der Waals surface area contributed by atoms with Gasteiger partial charge in [0.15, 0.2) is 0 Å². The second kappa shape index (κ2) is 21.5. The molecule has 0 bridgehead atoms. The summed E-state index contributed by atoms with van der Waals surface area (Å²) in [7, 11) is 4.33. The van der Waals surface area contributed by atoms with Gasteiger partial charge in [0.2, 0.25) is 0 Å². The van der Waals surface area contributed by atoms with Crippen LogP contribution < -0.4 is 29.6 Å². The minimum Gasteiger partial charge on any atom is -0.373 e. The van der Waals surface area contributed by atoms with E-state index in [2.05, 4.69) is 43.7 Å². The second-order valence-corrected chi connectivity index (χ2v) is 7.11. The van der Waals surface area contributed by atoms with Gasteiger partial charge < -0.3 is 30.7 Å². The molecule has 2 aliphatic rings. The molecule has 28 heavy (non-hydrogen) atoms. The van der Waals surface area contributed by atoms with Crippen molar-refractivity contribution in [3.05, 3.63) is 26.4 Å². The van der Waals surface area contributed by atoms with Crippen molar-refractivity contribution in [1.82, 2.24) is 19.6 Å². The maximum Gasteiger partial charge on any atom is 1.00 e. The van der Waals surface area contributed by atoms with Crippen molar-refractivity contribution in [1.29, 1.82) is 0 Å². The summed E-state index contributed by atoms with van der Waals surface area (Å²) in [6.07, 6.45) is 2.11. The Balaban J connectivity index is 0. The fraction of sp³-hybridized carbons (Fsp3) is 1.00. The van der Waals surface area contributed by atoms with Gasteiger partial charge in [-0.3, -0.25) is 4.91 Å². The van der Waals surface area contributed by atoms with Crippen LogP contribution >= 0.6 is 11.6 Å². The number of hydrogen-bond donors (Lipinski definition) is 0. The zero-order valence-corrected chi connectivity index (χ0v) is 20.5. The number of piperazine rings is 2. The van der Waals surface area contributed by atoms with Crippen molar-refractivity contribution >= 4 is 11.6 Å². The van der Waals surface area contributed by atoms with Gasteiger partial charge in [0.1, 0.15) is 0 Å². The molecule has 0 spiro atoms. The first-order valence-corrected chi connectivity index (χ1v) is 9.97. The predicted octanol–water partition coefficient (Wildman–Crippen LogP) is -0.333. The third-order valence-electron chi connectivity index (χ3n) is 4.60. The van der Waals surface area contributed by atoms with Crippen molar-refractivity contribution in [2.24, 2.45) is 5.11 Å². The Labute approximate surface area is 196 Å². The van der Waals surface area contributed by atoms with E-state index in [4.69, 9.17) is 28.2 Å². The predicted molar refractivity (Wildman–Crippen MR) is 112 cm³/mol. The summed E-state index contributed by atoms with van der Waals surface area (Å²) in [5.41, 5.74) is 21.6. The summed E-state index contributed by atoms with van der Waals surface area (Å²) in [6.45, 7) is 12.3. The van der Waals surface area contributed by atoms with E-state index in [9.17, 15) is 0 Å². The van der Waals surface area contributed by atoms with Crippen LogP contribution in [0, 0.1) is 0 Å². The molecule has 0 aromatic heterocycles. The number of hydrogen-bond acceptors (Lipinski definition) is 5. The van der Waals surface area contributed by atoms with Crippen LogP contribution in [-0.4, -0.2) is 112 Å². The molecule has 2 heterocycles. The van der Waals surface area contributed by atoms with Crippen LogP contribution in [0.5, 0.6) is 0 Å². The van der Waals surface area contributed by atoms with Crippen LogP contribution in [0.3, 0.4) is 0 Å². The average molecular weight is 425 g/mol. The molecule has 156 valence electrons. The molecule has 0 unspecified atom stereocenters. The minimum atomic E-state index is 0. The second-order valence-electron chi connectivity index (χ2n) is 6.73. The van der Waals surface area contributed by atoms with E-state index in [1.54, 1.807) is 0 Å². The van der Waals surface area contributed by atoms with Gasteiger partial charge in [0, 0.05) is 69.7 Å². The third kappa shape index (κ3) is 17.8. The van der Waals surface area contributed by atoms with E-state index in [0.29, 0.717) is 6.54 Å². The van der Waals surface area contributed by atoms with E-state index in [1.807, 2.05) is 0 Å².